The van der Waals surface area contributed by atoms with E-state index in [9.17, 15) is 0 Å². The summed E-state index contributed by atoms with van der Waals surface area (Å²) in [5, 5.41) is 7.57. The molecule has 0 bridgehead atoms. The first-order valence-corrected chi connectivity index (χ1v) is 6.36. The Hall–Kier alpha value is -0.610. The summed E-state index contributed by atoms with van der Waals surface area (Å²) in [6.07, 6.45) is 3.35. The van der Waals surface area contributed by atoms with Crippen molar-refractivity contribution in [3.05, 3.63) is 0 Å². The molecule has 16 heavy (non-hydrogen) atoms. The average molecular weight is 228 g/mol. The molecule has 0 unspecified atom stereocenters. The third kappa shape index (κ3) is 8.68. The zero-order valence-corrected chi connectivity index (χ0v) is 11.3. The number of hydrogen-bond acceptors (Lipinski definition) is 4. The molecular weight excluding hydrogens is 200 g/mol. The van der Waals surface area contributed by atoms with Crippen LogP contribution in [-0.4, -0.2) is 50.9 Å². The van der Waals surface area contributed by atoms with Crippen LogP contribution in [-0.2, 0) is 0 Å². The first kappa shape index (κ1) is 15.4. The monoisotopic (exact) mass is 228 g/mol. The van der Waals surface area contributed by atoms with Gasteiger partial charge in [0.2, 0.25) is 0 Å². The van der Waals surface area contributed by atoms with E-state index in [2.05, 4.69) is 41.6 Å². The molecule has 0 atom stereocenters. The summed E-state index contributed by atoms with van der Waals surface area (Å²) in [6.45, 7) is 8.41. The Kier molecular flexibility index (Phi) is 10.5. The van der Waals surface area contributed by atoms with E-state index < -0.39 is 0 Å². The van der Waals surface area contributed by atoms with Crippen molar-refractivity contribution in [2.75, 3.05) is 40.3 Å². The number of rotatable bonds is 10. The SMILES string of the molecule is CCC/C(CCN(C)CCNC)=N/NCC. The fourth-order valence-electron chi connectivity index (χ4n) is 1.45. The topological polar surface area (TPSA) is 39.7 Å². The van der Waals surface area contributed by atoms with Crippen LogP contribution in [0.25, 0.3) is 0 Å². The molecule has 4 heteroatoms. The molecule has 0 aliphatic carbocycles. The standard InChI is InChI=1S/C12H28N4/c1-5-7-12(15-14-6-2)8-10-16(4)11-9-13-3/h13-14H,5-11H2,1-4H3/b15-12-. The normalized spacial score (nSPS) is 12.2. The molecule has 0 radical (unpaired) electrons. The van der Waals surface area contributed by atoms with Crippen molar-refractivity contribution in [2.45, 2.75) is 33.1 Å². The van der Waals surface area contributed by atoms with E-state index >= 15 is 0 Å². The van der Waals surface area contributed by atoms with Crippen LogP contribution in [0.15, 0.2) is 5.10 Å². The lowest BCUT2D eigenvalue weighted by Crippen LogP contribution is -2.29. The highest BCUT2D eigenvalue weighted by Gasteiger charge is 2.02. The minimum absolute atomic E-state index is 0.906. The van der Waals surface area contributed by atoms with Gasteiger partial charge in [-0.15, -0.1) is 0 Å². The lowest BCUT2D eigenvalue weighted by atomic mass is 10.1. The Bertz CT molecular complexity index is 180. The first-order chi connectivity index (χ1) is 7.74. The number of likely N-dealkylation sites (N-methyl/N-ethyl adjacent to an activating group) is 2. The zero-order chi connectivity index (χ0) is 12.2. The molecule has 0 saturated carbocycles. The van der Waals surface area contributed by atoms with Gasteiger partial charge in [-0.25, -0.2) is 0 Å². The van der Waals surface area contributed by atoms with Crippen LogP contribution in [0, 0.1) is 0 Å². The molecule has 4 nitrogen and oxygen atoms in total. The second-order valence-corrected chi connectivity index (χ2v) is 4.10. The largest absolute Gasteiger partial charge is 0.318 e. The Morgan fingerprint density at radius 2 is 1.94 bits per heavy atom. The van der Waals surface area contributed by atoms with E-state index in [1.807, 2.05) is 7.05 Å². The molecule has 2 N–H and O–H groups in total. The quantitative estimate of drug-likeness (QED) is 0.437. The van der Waals surface area contributed by atoms with Crippen LogP contribution >= 0.6 is 0 Å². The van der Waals surface area contributed by atoms with Crippen molar-refractivity contribution in [1.82, 2.24) is 15.6 Å². The van der Waals surface area contributed by atoms with E-state index in [0.717, 1.165) is 39.0 Å². The van der Waals surface area contributed by atoms with Crippen molar-refractivity contribution in [2.24, 2.45) is 5.10 Å². The number of hydrazone groups is 1. The molecule has 0 aliphatic heterocycles. The van der Waals surface area contributed by atoms with E-state index in [0.29, 0.717) is 0 Å². The molecule has 0 rings (SSSR count). The molecule has 0 aromatic carbocycles. The third-order valence-electron chi connectivity index (χ3n) is 2.46. The second kappa shape index (κ2) is 10.9. The number of nitrogens with one attached hydrogen (secondary N) is 2. The molecule has 0 aromatic heterocycles. The minimum atomic E-state index is 0.906. The van der Waals surface area contributed by atoms with Crippen LogP contribution in [0.4, 0.5) is 0 Å². The molecule has 0 fully saturated rings. The van der Waals surface area contributed by atoms with Gasteiger partial charge in [0, 0.05) is 38.3 Å². The lowest BCUT2D eigenvalue weighted by Gasteiger charge is -2.16. The minimum Gasteiger partial charge on any atom is -0.318 e. The highest BCUT2D eigenvalue weighted by molar-refractivity contribution is 5.84. The van der Waals surface area contributed by atoms with Gasteiger partial charge in [-0.1, -0.05) is 13.3 Å². The Morgan fingerprint density at radius 3 is 2.50 bits per heavy atom. The van der Waals surface area contributed by atoms with Crippen LogP contribution in [0.2, 0.25) is 0 Å². The highest BCUT2D eigenvalue weighted by atomic mass is 15.3. The predicted molar refractivity (Wildman–Crippen MR) is 72.1 cm³/mol. The molecule has 0 spiro atoms. The summed E-state index contributed by atoms with van der Waals surface area (Å²) in [5.74, 6) is 0. The van der Waals surface area contributed by atoms with Gasteiger partial charge in [-0.2, -0.15) is 5.10 Å². The molecular formula is C12H28N4. The van der Waals surface area contributed by atoms with E-state index in [4.69, 9.17) is 0 Å². The molecule has 0 heterocycles. The van der Waals surface area contributed by atoms with Crippen LogP contribution in [0.5, 0.6) is 0 Å². The van der Waals surface area contributed by atoms with Crippen LogP contribution < -0.4 is 10.7 Å². The lowest BCUT2D eigenvalue weighted by molar-refractivity contribution is 0.344. The van der Waals surface area contributed by atoms with Gasteiger partial charge in [0.05, 0.1) is 0 Å². The van der Waals surface area contributed by atoms with Gasteiger partial charge < -0.3 is 15.6 Å². The van der Waals surface area contributed by atoms with Gasteiger partial charge in [-0.3, -0.25) is 0 Å². The summed E-state index contributed by atoms with van der Waals surface area (Å²) in [6, 6.07) is 0. The van der Waals surface area contributed by atoms with Crippen molar-refractivity contribution >= 4 is 5.71 Å². The second-order valence-electron chi connectivity index (χ2n) is 4.10. The molecule has 96 valence electrons. The maximum absolute atomic E-state index is 4.41. The van der Waals surface area contributed by atoms with Crippen LogP contribution in [0.1, 0.15) is 33.1 Å². The van der Waals surface area contributed by atoms with Crippen molar-refractivity contribution < 1.29 is 0 Å². The fraction of sp³-hybridized carbons (Fsp3) is 0.917. The van der Waals surface area contributed by atoms with Gasteiger partial charge >= 0.3 is 0 Å². The van der Waals surface area contributed by atoms with Crippen molar-refractivity contribution in [3.8, 4) is 0 Å². The summed E-state index contributed by atoms with van der Waals surface area (Å²) >= 11 is 0. The summed E-state index contributed by atoms with van der Waals surface area (Å²) in [7, 11) is 4.15. The summed E-state index contributed by atoms with van der Waals surface area (Å²) < 4.78 is 0. The van der Waals surface area contributed by atoms with E-state index in [-0.39, 0.29) is 0 Å². The van der Waals surface area contributed by atoms with Gasteiger partial charge in [0.1, 0.15) is 0 Å². The van der Waals surface area contributed by atoms with Gasteiger partial charge in [-0.05, 0) is 27.4 Å². The Labute approximate surface area is 100 Å². The Morgan fingerprint density at radius 1 is 1.19 bits per heavy atom. The smallest absolute Gasteiger partial charge is 0.0391 e. The molecule has 0 aliphatic rings. The van der Waals surface area contributed by atoms with Gasteiger partial charge in [0.25, 0.3) is 0 Å². The average Bonchev–Trinajstić information content (AvgIpc) is 2.30. The Balaban J connectivity index is 3.81. The molecule has 0 aromatic rings. The number of hydrogen-bond donors (Lipinski definition) is 2. The molecule has 0 amide bonds. The van der Waals surface area contributed by atoms with E-state index in [1.54, 1.807) is 0 Å². The number of nitrogens with zero attached hydrogens (tertiary/aromatic N) is 2. The van der Waals surface area contributed by atoms with Crippen molar-refractivity contribution in [1.29, 1.82) is 0 Å². The van der Waals surface area contributed by atoms with Crippen molar-refractivity contribution in [3.63, 3.8) is 0 Å². The third-order valence-corrected chi connectivity index (χ3v) is 2.46. The molecule has 0 saturated heterocycles. The van der Waals surface area contributed by atoms with Crippen LogP contribution in [0.3, 0.4) is 0 Å². The zero-order valence-electron chi connectivity index (χ0n) is 11.3. The maximum atomic E-state index is 4.41. The van der Waals surface area contributed by atoms with Gasteiger partial charge in [0.15, 0.2) is 0 Å². The summed E-state index contributed by atoms with van der Waals surface area (Å²) in [4.78, 5) is 2.34. The fourth-order valence-corrected chi connectivity index (χ4v) is 1.45. The maximum Gasteiger partial charge on any atom is 0.0391 e. The highest BCUT2D eigenvalue weighted by Crippen LogP contribution is 1.98. The van der Waals surface area contributed by atoms with E-state index in [1.165, 1.54) is 12.1 Å². The predicted octanol–water partition coefficient (Wildman–Crippen LogP) is 1.29. The first-order valence-electron chi connectivity index (χ1n) is 6.36. The summed E-state index contributed by atoms with van der Waals surface area (Å²) in [5.41, 5.74) is 4.35.